The molecule has 1 aromatic heterocycles. The molecule has 1 aliphatic heterocycles. The number of Topliss-reactive ketones (excluding diaryl/α,β-unsaturated/α-hetero) is 1. The number of aliphatic hydroxyl groups is 3. The number of nitrogens with zero attached hydrogens (tertiary/aromatic N) is 1. The van der Waals surface area contributed by atoms with E-state index in [2.05, 4.69) is 4.98 Å². The summed E-state index contributed by atoms with van der Waals surface area (Å²) in [6, 6.07) is 0. The first-order chi connectivity index (χ1) is 16.2. The van der Waals surface area contributed by atoms with Crippen molar-refractivity contribution in [1.82, 2.24) is 4.98 Å². The zero-order valence-corrected chi connectivity index (χ0v) is 22.8. The molecule has 0 aromatic carbocycles. The van der Waals surface area contributed by atoms with E-state index in [-0.39, 0.29) is 12.2 Å². The van der Waals surface area contributed by atoms with Crippen LogP contribution < -0.4 is 0 Å². The van der Waals surface area contributed by atoms with Gasteiger partial charge in [0, 0.05) is 23.6 Å². The predicted octanol–water partition coefficient (Wildman–Crippen LogP) is 4.24. The Morgan fingerprint density at radius 3 is 2.46 bits per heavy atom. The standard InChI is InChI=1S/C27H41NO6S/c1-15-8-10-21(29)17(3)25(32)18(4)26(33)27(6,7)23(30)13-24(31)34-22(11-9-15)16(2)12-20-14-35-19(5)28-20/h9,12,14,17-18,21-23,25,29-30,32H,8,10-11,13H2,1-7H3/b15-9-,16-12+/t17-,18+,21?,22-,23-,25-/m0/s1. The zero-order chi connectivity index (χ0) is 26.5. The minimum atomic E-state index is -1.28. The highest BCUT2D eigenvalue weighted by Crippen LogP contribution is 2.32. The molecule has 1 aliphatic rings. The summed E-state index contributed by atoms with van der Waals surface area (Å²) in [5.74, 6) is -2.30. The zero-order valence-electron chi connectivity index (χ0n) is 21.9. The monoisotopic (exact) mass is 507 g/mol. The highest BCUT2D eigenvalue weighted by molar-refractivity contribution is 7.09. The number of allylic oxidation sites excluding steroid dienone is 1. The molecule has 0 amide bonds. The minimum Gasteiger partial charge on any atom is -0.457 e. The quantitative estimate of drug-likeness (QED) is 0.405. The van der Waals surface area contributed by atoms with E-state index in [1.165, 1.54) is 11.3 Å². The number of ketones is 1. The normalized spacial score (nSPS) is 33.7. The largest absolute Gasteiger partial charge is 0.457 e. The van der Waals surface area contributed by atoms with Crippen LogP contribution in [-0.4, -0.2) is 56.5 Å². The number of esters is 1. The molecule has 1 aromatic rings. The van der Waals surface area contributed by atoms with E-state index in [1.54, 1.807) is 27.7 Å². The molecule has 0 spiro atoms. The molecule has 2 rings (SSSR count). The summed E-state index contributed by atoms with van der Waals surface area (Å²) in [4.78, 5) is 30.5. The van der Waals surface area contributed by atoms with Crippen molar-refractivity contribution in [3.05, 3.63) is 33.3 Å². The first-order valence-electron chi connectivity index (χ1n) is 12.3. The number of aliphatic hydroxyl groups excluding tert-OH is 3. The number of cyclic esters (lactones) is 1. The molecule has 35 heavy (non-hydrogen) atoms. The van der Waals surface area contributed by atoms with E-state index >= 15 is 0 Å². The predicted molar refractivity (Wildman–Crippen MR) is 138 cm³/mol. The van der Waals surface area contributed by atoms with E-state index in [4.69, 9.17) is 4.74 Å². The lowest BCUT2D eigenvalue weighted by Gasteiger charge is -2.35. The van der Waals surface area contributed by atoms with Gasteiger partial charge in [-0.05, 0) is 45.3 Å². The van der Waals surface area contributed by atoms with E-state index in [1.807, 2.05) is 38.3 Å². The summed E-state index contributed by atoms with van der Waals surface area (Å²) in [5.41, 5.74) is 1.37. The van der Waals surface area contributed by atoms with Crippen molar-refractivity contribution < 1.29 is 29.6 Å². The first kappa shape index (κ1) is 29.4. The third-order valence-corrected chi connectivity index (χ3v) is 8.00. The van der Waals surface area contributed by atoms with Gasteiger partial charge in [0.25, 0.3) is 0 Å². The molecule has 0 aliphatic carbocycles. The maximum absolute atomic E-state index is 13.2. The Kier molecular flexibility index (Phi) is 10.4. The molecule has 0 bridgehead atoms. The second-order valence-corrected chi connectivity index (χ2v) is 11.6. The molecule has 0 fully saturated rings. The average molecular weight is 508 g/mol. The van der Waals surface area contributed by atoms with Crippen molar-refractivity contribution in [3.8, 4) is 0 Å². The van der Waals surface area contributed by atoms with Crippen molar-refractivity contribution in [2.45, 2.75) is 98.6 Å². The number of hydrogen-bond donors (Lipinski definition) is 3. The molecule has 1 unspecified atom stereocenters. The number of hydrogen-bond acceptors (Lipinski definition) is 8. The summed E-state index contributed by atoms with van der Waals surface area (Å²) in [6.07, 6.45) is 1.33. The van der Waals surface area contributed by atoms with Crippen LogP contribution in [-0.2, 0) is 14.3 Å². The molecule has 6 atom stereocenters. The van der Waals surface area contributed by atoms with Gasteiger partial charge in [0.2, 0.25) is 0 Å². The number of ether oxygens (including phenoxy) is 1. The van der Waals surface area contributed by atoms with Gasteiger partial charge in [0.05, 0.1) is 40.8 Å². The molecule has 2 heterocycles. The van der Waals surface area contributed by atoms with E-state index in [0.717, 1.165) is 21.8 Å². The SMILES string of the molecule is C/C1=C/C[C@@H](/C(C)=C/c2csc(C)n2)OC(=O)C[C@H](O)C(C)(C)C(=O)[C@H](C)[C@@H](O)[C@@H](C)C(O)CC1. The Hall–Kier alpha value is -1.87. The van der Waals surface area contributed by atoms with Gasteiger partial charge in [-0.2, -0.15) is 0 Å². The van der Waals surface area contributed by atoms with Gasteiger partial charge in [-0.3, -0.25) is 9.59 Å². The van der Waals surface area contributed by atoms with Gasteiger partial charge in [0.1, 0.15) is 11.9 Å². The van der Waals surface area contributed by atoms with Crippen LogP contribution in [0.4, 0.5) is 0 Å². The Balaban J connectivity index is 2.37. The lowest BCUT2D eigenvalue weighted by molar-refractivity contribution is -0.154. The van der Waals surface area contributed by atoms with Crippen LogP contribution in [0.3, 0.4) is 0 Å². The van der Waals surface area contributed by atoms with Crippen molar-refractivity contribution in [2.75, 3.05) is 0 Å². The Bertz CT molecular complexity index is 949. The molecular weight excluding hydrogens is 466 g/mol. The highest BCUT2D eigenvalue weighted by atomic mass is 32.1. The van der Waals surface area contributed by atoms with Crippen molar-refractivity contribution >= 4 is 29.2 Å². The van der Waals surface area contributed by atoms with Gasteiger partial charge < -0.3 is 20.1 Å². The molecule has 8 heteroatoms. The first-order valence-corrected chi connectivity index (χ1v) is 13.2. The van der Waals surface area contributed by atoms with Gasteiger partial charge in [-0.15, -0.1) is 11.3 Å². The second-order valence-electron chi connectivity index (χ2n) is 10.5. The molecule has 0 radical (unpaired) electrons. The van der Waals surface area contributed by atoms with E-state index in [0.29, 0.717) is 19.3 Å². The summed E-state index contributed by atoms with van der Waals surface area (Å²) >= 11 is 1.54. The minimum absolute atomic E-state index is 0.345. The Labute approximate surface area is 212 Å². The fraction of sp³-hybridized carbons (Fsp3) is 0.667. The number of aromatic nitrogens is 1. The molecule has 196 valence electrons. The maximum Gasteiger partial charge on any atom is 0.309 e. The lowest BCUT2D eigenvalue weighted by Crippen LogP contribution is -2.47. The fourth-order valence-electron chi connectivity index (χ4n) is 4.36. The summed E-state index contributed by atoms with van der Waals surface area (Å²) in [7, 11) is 0. The van der Waals surface area contributed by atoms with Gasteiger partial charge in [-0.25, -0.2) is 4.98 Å². The van der Waals surface area contributed by atoms with Crippen LogP contribution in [0, 0.1) is 24.2 Å². The topological polar surface area (TPSA) is 117 Å². The Morgan fingerprint density at radius 2 is 1.86 bits per heavy atom. The third kappa shape index (κ3) is 7.81. The summed E-state index contributed by atoms with van der Waals surface area (Å²) in [5, 5.41) is 35.2. The lowest BCUT2D eigenvalue weighted by atomic mass is 9.72. The number of carbonyl (C=O) groups is 2. The number of rotatable bonds is 2. The van der Waals surface area contributed by atoms with Crippen LogP contribution in [0.25, 0.3) is 6.08 Å². The van der Waals surface area contributed by atoms with Crippen LogP contribution in [0.1, 0.15) is 77.9 Å². The second kappa shape index (κ2) is 12.4. The van der Waals surface area contributed by atoms with Crippen molar-refractivity contribution in [2.24, 2.45) is 17.3 Å². The fourth-order valence-corrected chi connectivity index (χ4v) is 4.93. The van der Waals surface area contributed by atoms with Crippen molar-refractivity contribution in [3.63, 3.8) is 0 Å². The average Bonchev–Trinajstić information content (AvgIpc) is 3.21. The number of carbonyl (C=O) groups excluding carboxylic acids is 2. The summed E-state index contributed by atoms with van der Waals surface area (Å²) < 4.78 is 5.78. The molecule has 0 saturated carbocycles. The molecular formula is C27H41NO6S. The number of aryl methyl sites for hydroxylation is 1. The smallest absolute Gasteiger partial charge is 0.309 e. The van der Waals surface area contributed by atoms with Crippen molar-refractivity contribution in [1.29, 1.82) is 0 Å². The number of thiazole rings is 1. The highest BCUT2D eigenvalue weighted by Gasteiger charge is 2.43. The Morgan fingerprint density at radius 1 is 1.20 bits per heavy atom. The van der Waals surface area contributed by atoms with Gasteiger partial charge >= 0.3 is 5.97 Å². The third-order valence-electron chi connectivity index (χ3n) is 7.21. The molecule has 3 N–H and O–H groups in total. The van der Waals surface area contributed by atoms with Crippen LogP contribution in [0.2, 0.25) is 0 Å². The van der Waals surface area contributed by atoms with Crippen LogP contribution >= 0.6 is 11.3 Å². The van der Waals surface area contributed by atoms with E-state index in [9.17, 15) is 24.9 Å². The van der Waals surface area contributed by atoms with Crippen LogP contribution in [0.15, 0.2) is 22.6 Å². The maximum atomic E-state index is 13.2. The van der Waals surface area contributed by atoms with Gasteiger partial charge in [0.15, 0.2) is 0 Å². The van der Waals surface area contributed by atoms with Crippen LogP contribution in [0.5, 0.6) is 0 Å². The van der Waals surface area contributed by atoms with E-state index < -0.39 is 47.6 Å². The molecule has 7 nitrogen and oxygen atoms in total. The molecule has 0 saturated heterocycles. The summed E-state index contributed by atoms with van der Waals surface area (Å²) in [6.45, 7) is 12.2. The van der Waals surface area contributed by atoms with Gasteiger partial charge in [-0.1, -0.05) is 39.3 Å².